The molecule has 154 valence electrons. The maximum Gasteiger partial charge on any atom is 0.203 e. The molecule has 3 rings (SSSR count). The number of ether oxygens (including phenoxy) is 4. The van der Waals surface area contributed by atoms with E-state index >= 15 is 0 Å². The zero-order valence-corrected chi connectivity index (χ0v) is 17.2. The van der Waals surface area contributed by atoms with E-state index in [9.17, 15) is 4.79 Å². The van der Waals surface area contributed by atoms with Gasteiger partial charge in [0.2, 0.25) is 5.75 Å². The van der Waals surface area contributed by atoms with Crippen molar-refractivity contribution in [1.82, 2.24) is 15.0 Å². The third kappa shape index (κ3) is 4.32. The van der Waals surface area contributed by atoms with Crippen LogP contribution in [0.15, 0.2) is 24.5 Å². The second kappa shape index (κ2) is 8.91. The first-order chi connectivity index (χ1) is 14.0. The average Bonchev–Trinajstić information content (AvgIpc) is 3.13. The zero-order valence-electron chi connectivity index (χ0n) is 17.2. The minimum absolute atomic E-state index is 0.0842. The van der Waals surface area contributed by atoms with Gasteiger partial charge in [0.05, 0.1) is 39.3 Å². The third-order valence-corrected chi connectivity index (χ3v) is 4.72. The number of hydrogen-bond donors (Lipinski definition) is 1. The summed E-state index contributed by atoms with van der Waals surface area (Å²) in [5.74, 6) is 1.68. The minimum atomic E-state index is -0.210. The van der Waals surface area contributed by atoms with Crippen LogP contribution in [0.1, 0.15) is 18.9 Å². The van der Waals surface area contributed by atoms with Crippen LogP contribution in [-0.2, 0) is 16.0 Å². The summed E-state index contributed by atoms with van der Waals surface area (Å²) < 4.78 is 21.7. The quantitative estimate of drug-likeness (QED) is 0.590. The van der Waals surface area contributed by atoms with E-state index in [1.807, 2.05) is 18.3 Å². The predicted molar refractivity (Wildman–Crippen MR) is 109 cm³/mol. The van der Waals surface area contributed by atoms with Crippen LogP contribution in [0.3, 0.4) is 0 Å². The Morgan fingerprint density at radius 1 is 1.10 bits per heavy atom. The molecule has 0 radical (unpaired) electrons. The van der Waals surface area contributed by atoms with E-state index in [0.717, 1.165) is 16.6 Å². The highest BCUT2D eigenvalue weighted by Gasteiger charge is 2.18. The molecule has 1 aromatic carbocycles. The number of H-pyrrole nitrogens is 1. The lowest BCUT2D eigenvalue weighted by Crippen LogP contribution is -2.17. The smallest absolute Gasteiger partial charge is 0.203 e. The topological polar surface area (TPSA) is 95.6 Å². The molecular formula is C21H25N3O5. The highest BCUT2D eigenvalue weighted by Crippen LogP contribution is 2.40. The van der Waals surface area contributed by atoms with Gasteiger partial charge >= 0.3 is 0 Å². The summed E-state index contributed by atoms with van der Waals surface area (Å²) >= 11 is 0. The zero-order chi connectivity index (χ0) is 21.0. The van der Waals surface area contributed by atoms with Gasteiger partial charge in [0.25, 0.3) is 0 Å². The molecule has 0 fully saturated rings. The molecule has 0 saturated carbocycles. The molecule has 2 aromatic heterocycles. The molecule has 0 saturated heterocycles. The number of Topliss-reactive ketones (excluding diaryl/α,β-unsaturated/α-hetero) is 1. The molecule has 0 bridgehead atoms. The van der Waals surface area contributed by atoms with Crippen LogP contribution in [0.5, 0.6) is 17.2 Å². The lowest BCUT2D eigenvalue weighted by atomic mass is 10.1. The molecule has 2 heterocycles. The van der Waals surface area contributed by atoms with Crippen LogP contribution in [0.25, 0.3) is 22.4 Å². The molecule has 0 aliphatic rings. The van der Waals surface area contributed by atoms with Gasteiger partial charge in [-0.05, 0) is 19.1 Å². The summed E-state index contributed by atoms with van der Waals surface area (Å²) in [5, 5.41) is 0. The minimum Gasteiger partial charge on any atom is -0.493 e. The van der Waals surface area contributed by atoms with Gasteiger partial charge in [0.15, 0.2) is 17.1 Å². The van der Waals surface area contributed by atoms with Crippen LogP contribution >= 0.6 is 0 Å². The Hall–Kier alpha value is -3.13. The molecule has 0 aliphatic heterocycles. The van der Waals surface area contributed by atoms with E-state index < -0.39 is 0 Å². The van der Waals surface area contributed by atoms with Crippen LogP contribution in [-0.4, -0.2) is 55.3 Å². The van der Waals surface area contributed by atoms with Crippen LogP contribution in [0.4, 0.5) is 0 Å². The Kier molecular flexibility index (Phi) is 6.33. The van der Waals surface area contributed by atoms with E-state index in [1.165, 1.54) is 0 Å². The number of methoxy groups -OCH3 is 4. The highest BCUT2D eigenvalue weighted by molar-refractivity contribution is 5.79. The van der Waals surface area contributed by atoms with Crippen molar-refractivity contribution in [3.05, 3.63) is 30.1 Å². The van der Waals surface area contributed by atoms with Crippen LogP contribution in [0, 0.1) is 0 Å². The van der Waals surface area contributed by atoms with Gasteiger partial charge in [-0.15, -0.1) is 0 Å². The van der Waals surface area contributed by atoms with Crippen LogP contribution in [0.2, 0.25) is 0 Å². The van der Waals surface area contributed by atoms with Crippen molar-refractivity contribution < 1.29 is 23.7 Å². The summed E-state index contributed by atoms with van der Waals surface area (Å²) in [6.45, 7) is 1.56. The summed E-state index contributed by atoms with van der Waals surface area (Å²) in [4.78, 5) is 23.9. The van der Waals surface area contributed by atoms with Gasteiger partial charge in [-0.2, -0.15) is 0 Å². The molecule has 8 nitrogen and oxygen atoms in total. The maximum atomic E-state index is 11.5. The van der Waals surface area contributed by atoms with Crippen molar-refractivity contribution in [1.29, 1.82) is 0 Å². The van der Waals surface area contributed by atoms with Crippen LogP contribution < -0.4 is 14.2 Å². The van der Waals surface area contributed by atoms with Gasteiger partial charge < -0.3 is 23.9 Å². The van der Waals surface area contributed by atoms with Crippen molar-refractivity contribution >= 4 is 16.9 Å². The first-order valence-electron chi connectivity index (χ1n) is 9.16. The lowest BCUT2D eigenvalue weighted by molar-refractivity contribution is -0.119. The Morgan fingerprint density at radius 2 is 1.79 bits per heavy atom. The number of benzene rings is 1. The Morgan fingerprint density at radius 3 is 2.34 bits per heavy atom. The Bertz CT molecular complexity index is 990. The van der Waals surface area contributed by atoms with E-state index in [0.29, 0.717) is 41.4 Å². The molecule has 0 aliphatic carbocycles. The second-order valence-electron chi connectivity index (χ2n) is 6.65. The van der Waals surface area contributed by atoms with E-state index in [4.69, 9.17) is 23.9 Å². The van der Waals surface area contributed by atoms with Gasteiger partial charge in [0, 0.05) is 37.3 Å². The number of aromatic nitrogens is 3. The fourth-order valence-electron chi connectivity index (χ4n) is 3.27. The van der Waals surface area contributed by atoms with Crippen molar-refractivity contribution in [2.45, 2.75) is 25.9 Å². The number of rotatable bonds is 9. The second-order valence-corrected chi connectivity index (χ2v) is 6.65. The Balaban J connectivity index is 2.02. The van der Waals surface area contributed by atoms with E-state index in [-0.39, 0.29) is 11.9 Å². The molecule has 29 heavy (non-hydrogen) atoms. The van der Waals surface area contributed by atoms with Crippen molar-refractivity contribution in [3.8, 4) is 28.5 Å². The number of nitrogens with one attached hydrogen (secondary N) is 1. The SMILES string of the molecule is COc1cc(-c2cnc3[nH]cc(CC(CC(C)=O)OC)c3n2)cc(OC)c1OC. The maximum absolute atomic E-state index is 11.5. The molecular weight excluding hydrogens is 374 g/mol. The van der Waals surface area contributed by atoms with Gasteiger partial charge in [-0.3, -0.25) is 4.79 Å². The normalized spacial score (nSPS) is 12.0. The number of aromatic amines is 1. The number of carbonyl (C=O) groups is 1. The fourth-order valence-corrected chi connectivity index (χ4v) is 3.27. The molecule has 0 spiro atoms. The summed E-state index contributed by atoms with van der Waals surface area (Å²) in [6.07, 6.45) is 4.24. The molecule has 0 amide bonds. The predicted octanol–water partition coefficient (Wildman–Crippen LogP) is 3.19. The lowest BCUT2D eigenvalue weighted by Gasteiger charge is -2.14. The van der Waals surface area contributed by atoms with E-state index in [2.05, 4.69) is 9.97 Å². The largest absolute Gasteiger partial charge is 0.493 e. The number of hydrogen-bond acceptors (Lipinski definition) is 7. The van der Waals surface area contributed by atoms with Crippen molar-refractivity contribution in [2.24, 2.45) is 0 Å². The fraction of sp³-hybridized carbons (Fsp3) is 0.381. The Labute approximate surface area is 169 Å². The number of fused-ring (bicyclic) bond motifs is 1. The van der Waals surface area contributed by atoms with Gasteiger partial charge in [0.1, 0.15) is 11.3 Å². The standard InChI is InChI=1S/C21H25N3O5/c1-12(25)6-15(26-2)7-14-10-22-21-19(14)24-16(11-23-21)13-8-17(27-3)20(29-5)18(9-13)28-4/h8-11,15H,6-7H2,1-5H3,(H,22,23). The first kappa shape index (κ1) is 20.6. The summed E-state index contributed by atoms with van der Waals surface area (Å²) in [6, 6.07) is 3.66. The first-order valence-corrected chi connectivity index (χ1v) is 9.16. The van der Waals surface area contributed by atoms with Gasteiger partial charge in [-0.1, -0.05) is 0 Å². The monoisotopic (exact) mass is 399 g/mol. The molecule has 3 aromatic rings. The summed E-state index contributed by atoms with van der Waals surface area (Å²) in [7, 11) is 6.31. The number of carbonyl (C=O) groups excluding carboxylic acids is 1. The molecule has 1 unspecified atom stereocenters. The third-order valence-electron chi connectivity index (χ3n) is 4.72. The average molecular weight is 399 g/mol. The van der Waals surface area contributed by atoms with Gasteiger partial charge in [-0.25, -0.2) is 9.97 Å². The number of ketones is 1. The summed E-state index contributed by atoms with van der Waals surface area (Å²) in [5.41, 5.74) is 3.80. The van der Waals surface area contributed by atoms with Crippen molar-refractivity contribution in [3.63, 3.8) is 0 Å². The number of nitrogens with zero attached hydrogens (tertiary/aromatic N) is 2. The molecule has 8 heteroatoms. The molecule has 1 N–H and O–H groups in total. The van der Waals surface area contributed by atoms with E-state index in [1.54, 1.807) is 41.6 Å². The van der Waals surface area contributed by atoms with Crippen molar-refractivity contribution in [2.75, 3.05) is 28.4 Å². The highest BCUT2D eigenvalue weighted by atomic mass is 16.5. The molecule has 1 atom stereocenters.